The third-order valence-corrected chi connectivity index (χ3v) is 4.60. The molecular weight excluding hydrogens is 348 g/mol. The van der Waals surface area contributed by atoms with Crippen molar-refractivity contribution in [1.29, 1.82) is 0 Å². The third-order valence-electron chi connectivity index (χ3n) is 3.86. The minimum absolute atomic E-state index is 0.367. The van der Waals surface area contributed by atoms with Crippen molar-refractivity contribution in [3.63, 3.8) is 0 Å². The first kappa shape index (κ1) is 20.0. The van der Waals surface area contributed by atoms with E-state index < -0.39 is 5.97 Å². The van der Waals surface area contributed by atoms with Crippen LogP contribution >= 0.6 is 11.8 Å². The maximum absolute atomic E-state index is 12.2. The summed E-state index contributed by atoms with van der Waals surface area (Å²) in [5.74, 6) is -0.334. The lowest BCUT2D eigenvalue weighted by Crippen LogP contribution is -2.10. The first-order valence-electron chi connectivity index (χ1n) is 8.77. The van der Waals surface area contributed by atoms with Crippen LogP contribution in [0.5, 0.6) is 5.75 Å². The fraction of sp³-hybridized carbons (Fsp3) is 0.333. The van der Waals surface area contributed by atoms with Crippen LogP contribution in [0.2, 0.25) is 0 Å². The normalized spacial score (nSPS) is 10.4. The van der Waals surface area contributed by atoms with Crippen LogP contribution in [-0.2, 0) is 4.74 Å². The van der Waals surface area contributed by atoms with Crippen molar-refractivity contribution < 1.29 is 19.1 Å². The Morgan fingerprint density at radius 3 is 2.04 bits per heavy atom. The number of thioether (sulfide) groups is 1. The second-order valence-electron chi connectivity index (χ2n) is 5.84. The number of carbonyl (C=O) groups is 2. The van der Waals surface area contributed by atoms with Crippen molar-refractivity contribution in [2.75, 3.05) is 12.9 Å². The fourth-order valence-electron chi connectivity index (χ4n) is 2.33. The molecule has 2 rings (SSSR count). The summed E-state index contributed by atoms with van der Waals surface area (Å²) in [6.45, 7) is 2.56. The van der Waals surface area contributed by atoms with Crippen molar-refractivity contribution >= 4 is 23.7 Å². The van der Waals surface area contributed by atoms with Gasteiger partial charge in [0.15, 0.2) is 0 Å². The standard InChI is InChI=1S/C21H24O4S/c1-3-4-5-6-15-24-20(22)16-7-9-17(10-8-16)21(23)25-18-11-13-19(26-2)14-12-18/h7-14H,3-6,15H2,1-2H3. The molecule has 0 spiro atoms. The molecule has 0 radical (unpaired) electrons. The van der Waals surface area contributed by atoms with E-state index in [2.05, 4.69) is 6.92 Å². The lowest BCUT2D eigenvalue weighted by Gasteiger charge is -2.07. The number of ether oxygens (including phenoxy) is 2. The molecule has 0 heterocycles. The van der Waals surface area contributed by atoms with Crippen molar-refractivity contribution in [3.8, 4) is 5.75 Å². The predicted octanol–water partition coefficient (Wildman–Crippen LogP) is 5.36. The molecule has 0 aliphatic carbocycles. The van der Waals surface area contributed by atoms with E-state index in [-0.39, 0.29) is 5.97 Å². The molecule has 0 aliphatic heterocycles. The molecule has 0 bridgehead atoms. The molecule has 0 amide bonds. The number of hydrogen-bond acceptors (Lipinski definition) is 5. The molecule has 4 nitrogen and oxygen atoms in total. The molecule has 0 atom stereocenters. The van der Waals surface area contributed by atoms with Gasteiger partial charge in [0.25, 0.3) is 0 Å². The van der Waals surface area contributed by atoms with E-state index >= 15 is 0 Å². The smallest absolute Gasteiger partial charge is 0.343 e. The predicted molar refractivity (Wildman–Crippen MR) is 104 cm³/mol. The van der Waals surface area contributed by atoms with E-state index in [1.807, 2.05) is 18.4 Å². The van der Waals surface area contributed by atoms with Crippen LogP contribution in [-0.4, -0.2) is 24.8 Å². The number of unbranched alkanes of at least 4 members (excludes halogenated alkanes) is 3. The lowest BCUT2D eigenvalue weighted by atomic mass is 10.1. The van der Waals surface area contributed by atoms with E-state index in [1.165, 1.54) is 0 Å². The Labute approximate surface area is 158 Å². The Morgan fingerprint density at radius 1 is 0.846 bits per heavy atom. The van der Waals surface area contributed by atoms with Crippen LogP contribution in [0.15, 0.2) is 53.4 Å². The molecule has 2 aromatic carbocycles. The van der Waals surface area contributed by atoms with Gasteiger partial charge >= 0.3 is 11.9 Å². The maximum atomic E-state index is 12.2. The van der Waals surface area contributed by atoms with Crippen molar-refractivity contribution in [2.45, 2.75) is 37.5 Å². The average Bonchev–Trinajstić information content (AvgIpc) is 2.68. The zero-order valence-corrected chi connectivity index (χ0v) is 16.0. The summed E-state index contributed by atoms with van der Waals surface area (Å²) in [5.41, 5.74) is 0.819. The minimum atomic E-state index is -0.457. The van der Waals surface area contributed by atoms with E-state index in [4.69, 9.17) is 9.47 Å². The number of carbonyl (C=O) groups excluding carboxylic acids is 2. The molecule has 0 N–H and O–H groups in total. The Bertz CT molecular complexity index is 708. The number of benzene rings is 2. The highest BCUT2D eigenvalue weighted by Gasteiger charge is 2.11. The zero-order chi connectivity index (χ0) is 18.8. The van der Waals surface area contributed by atoms with Crippen LogP contribution in [0, 0.1) is 0 Å². The van der Waals surface area contributed by atoms with Gasteiger partial charge in [-0.25, -0.2) is 9.59 Å². The molecular formula is C21H24O4S. The summed E-state index contributed by atoms with van der Waals surface area (Å²) in [6.07, 6.45) is 6.21. The highest BCUT2D eigenvalue weighted by Crippen LogP contribution is 2.20. The van der Waals surface area contributed by atoms with Gasteiger partial charge in [-0.2, -0.15) is 0 Å². The first-order valence-corrected chi connectivity index (χ1v) is 10.00. The molecule has 0 unspecified atom stereocenters. The van der Waals surface area contributed by atoms with Crippen molar-refractivity contribution in [1.82, 2.24) is 0 Å². The van der Waals surface area contributed by atoms with Crippen LogP contribution in [0.4, 0.5) is 0 Å². The van der Waals surface area contributed by atoms with Gasteiger partial charge < -0.3 is 9.47 Å². The van der Waals surface area contributed by atoms with Gasteiger partial charge in [0, 0.05) is 4.90 Å². The second-order valence-corrected chi connectivity index (χ2v) is 6.72. The highest BCUT2D eigenvalue weighted by atomic mass is 32.2. The van der Waals surface area contributed by atoms with Gasteiger partial charge in [0.2, 0.25) is 0 Å². The van der Waals surface area contributed by atoms with Crippen molar-refractivity contribution in [3.05, 3.63) is 59.7 Å². The molecule has 0 fully saturated rings. The molecule has 5 heteroatoms. The lowest BCUT2D eigenvalue weighted by molar-refractivity contribution is 0.0497. The average molecular weight is 372 g/mol. The van der Waals surface area contributed by atoms with Crippen LogP contribution in [0.3, 0.4) is 0 Å². The molecule has 0 saturated carbocycles. The van der Waals surface area contributed by atoms with E-state index in [0.717, 1.165) is 30.6 Å². The molecule has 0 aliphatic rings. The van der Waals surface area contributed by atoms with Gasteiger partial charge in [0.1, 0.15) is 5.75 Å². The molecule has 26 heavy (non-hydrogen) atoms. The van der Waals surface area contributed by atoms with Gasteiger partial charge in [-0.05, 0) is 61.2 Å². The summed E-state index contributed by atoms with van der Waals surface area (Å²) in [6, 6.07) is 13.6. The van der Waals surface area contributed by atoms with E-state index in [0.29, 0.717) is 23.5 Å². The largest absolute Gasteiger partial charge is 0.462 e. The van der Waals surface area contributed by atoms with Crippen LogP contribution < -0.4 is 4.74 Å². The number of hydrogen-bond donors (Lipinski definition) is 0. The molecule has 0 aromatic heterocycles. The van der Waals surface area contributed by atoms with Gasteiger partial charge in [0.05, 0.1) is 17.7 Å². The first-order chi connectivity index (χ1) is 12.6. The molecule has 138 valence electrons. The summed E-state index contributed by atoms with van der Waals surface area (Å²) in [4.78, 5) is 25.2. The summed E-state index contributed by atoms with van der Waals surface area (Å²) >= 11 is 1.62. The van der Waals surface area contributed by atoms with Gasteiger partial charge in [-0.1, -0.05) is 26.2 Å². The van der Waals surface area contributed by atoms with Gasteiger partial charge in [-0.15, -0.1) is 11.8 Å². The highest BCUT2D eigenvalue weighted by molar-refractivity contribution is 7.98. The Balaban J connectivity index is 1.87. The Morgan fingerprint density at radius 2 is 1.46 bits per heavy atom. The van der Waals surface area contributed by atoms with Crippen LogP contribution in [0.25, 0.3) is 0 Å². The second kappa shape index (κ2) is 10.7. The summed E-state index contributed by atoms with van der Waals surface area (Å²) in [5, 5.41) is 0. The zero-order valence-electron chi connectivity index (χ0n) is 15.2. The Kier molecular flexibility index (Phi) is 8.22. The van der Waals surface area contributed by atoms with Crippen LogP contribution in [0.1, 0.15) is 53.3 Å². The van der Waals surface area contributed by atoms with Gasteiger partial charge in [-0.3, -0.25) is 0 Å². The quantitative estimate of drug-likeness (QED) is 0.256. The maximum Gasteiger partial charge on any atom is 0.343 e. The third kappa shape index (κ3) is 6.23. The Hall–Kier alpha value is -2.27. The topological polar surface area (TPSA) is 52.6 Å². The summed E-state index contributed by atoms with van der Waals surface area (Å²) < 4.78 is 10.6. The summed E-state index contributed by atoms with van der Waals surface area (Å²) in [7, 11) is 0. The fourth-order valence-corrected chi connectivity index (χ4v) is 2.74. The molecule has 0 saturated heterocycles. The molecule has 2 aromatic rings. The van der Waals surface area contributed by atoms with E-state index in [1.54, 1.807) is 48.2 Å². The van der Waals surface area contributed by atoms with Crippen molar-refractivity contribution in [2.24, 2.45) is 0 Å². The number of rotatable bonds is 9. The van der Waals surface area contributed by atoms with E-state index in [9.17, 15) is 9.59 Å². The SMILES string of the molecule is CCCCCCOC(=O)c1ccc(C(=O)Oc2ccc(SC)cc2)cc1. The monoisotopic (exact) mass is 372 g/mol. The number of esters is 2. The minimum Gasteiger partial charge on any atom is -0.462 e.